The third-order valence-electron chi connectivity index (χ3n) is 2.38. The molecule has 0 aliphatic rings. The minimum absolute atomic E-state index is 0.250. The Kier molecular flexibility index (Phi) is 4.47. The third-order valence-corrected chi connectivity index (χ3v) is 2.38. The number of hydrogen-bond acceptors (Lipinski definition) is 2. The summed E-state index contributed by atoms with van der Waals surface area (Å²) in [4.78, 5) is 0. The summed E-state index contributed by atoms with van der Waals surface area (Å²) in [5.74, 6) is 0. The maximum atomic E-state index is 5.18. The number of rotatable bonds is 5. The van der Waals surface area contributed by atoms with Gasteiger partial charge in [-0.1, -0.05) is 25.1 Å². The maximum absolute atomic E-state index is 5.18. The number of benzene rings is 1. The van der Waals surface area contributed by atoms with Crippen LogP contribution < -0.4 is 5.32 Å². The molecule has 2 heteroatoms. The second-order valence-electron chi connectivity index (χ2n) is 3.44. The topological polar surface area (TPSA) is 21.3 Å². The van der Waals surface area contributed by atoms with Gasteiger partial charge in [0.1, 0.15) is 0 Å². The van der Waals surface area contributed by atoms with Gasteiger partial charge >= 0.3 is 0 Å². The van der Waals surface area contributed by atoms with E-state index in [0.29, 0.717) is 0 Å². The lowest BCUT2D eigenvalue weighted by Gasteiger charge is -2.14. The van der Waals surface area contributed by atoms with E-state index < -0.39 is 0 Å². The van der Waals surface area contributed by atoms with Gasteiger partial charge in [-0.3, -0.25) is 0 Å². The summed E-state index contributed by atoms with van der Waals surface area (Å²) >= 11 is 0. The van der Waals surface area contributed by atoms with Gasteiger partial charge in [0.05, 0.1) is 6.10 Å². The highest BCUT2D eigenvalue weighted by atomic mass is 16.5. The van der Waals surface area contributed by atoms with Crippen LogP contribution in [-0.2, 0) is 11.2 Å². The van der Waals surface area contributed by atoms with Gasteiger partial charge in [-0.15, -0.1) is 0 Å². The van der Waals surface area contributed by atoms with Crippen molar-refractivity contribution in [3.05, 3.63) is 29.8 Å². The highest BCUT2D eigenvalue weighted by Gasteiger charge is 2.01. The fourth-order valence-electron chi connectivity index (χ4n) is 1.34. The number of ether oxygens (including phenoxy) is 1. The van der Waals surface area contributed by atoms with Crippen molar-refractivity contribution in [1.82, 2.24) is 0 Å². The van der Waals surface area contributed by atoms with E-state index >= 15 is 0 Å². The Morgan fingerprint density at radius 2 is 2.07 bits per heavy atom. The van der Waals surface area contributed by atoms with Crippen LogP contribution in [0.5, 0.6) is 0 Å². The van der Waals surface area contributed by atoms with Gasteiger partial charge < -0.3 is 10.1 Å². The molecule has 0 saturated carbocycles. The lowest BCUT2D eigenvalue weighted by Crippen LogP contribution is -2.18. The highest BCUT2D eigenvalue weighted by Crippen LogP contribution is 2.15. The number of anilines is 1. The summed E-state index contributed by atoms with van der Waals surface area (Å²) in [5.41, 5.74) is 2.58. The summed E-state index contributed by atoms with van der Waals surface area (Å²) in [7, 11) is 1.73. The first kappa shape index (κ1) is 11.1. The molecule has 1 rings (SSSR count). The molecule has 78 valence electrons. The van der Waals surface area contributed by atoms with Gasteiger partial charge in [0.2, 0.25) is 0 Å². The van der Waals surface area contributed by atoms with Crippen LogP contribution in [0.25, 0.3) is 0 Å². The second-order valence-corrected chi connectivity index (χ2v) is 3.44. The van der Waals surface area contributed by atoms with Crippen molar-refractivity contribution in [2.24, 2.45) is 0 Å². The first-order chi connectivity index (χ1) is 6.77. The van der Waals surface area contributed by atoms with Gasteiger partial charge in [-0.2, -0.15) is 0 Å². The monoisotopic (exact) mass is 193 g/mol. The van der Waals surface area contributed by atoms with Gasteiger partial charge in [-0.05, 0) is 25.0 Å². The number of para-hydroxylation sites is 1. The quantitative estimate of drug-likeness (QED) is 0.776. The first-order valence-corrected chi connectivity index (χ1v) is 5.12. The average Bonchev–Trinajstić information content (AvgIpc) is 2.26. The zero-order valence-corrected chi connectivity index (χ0v) is 9.21. The molecule has 0 aliphatic carbocycles. The molecule has 1 atom stereocenters. The van der Waals surface area contributed by atoms with E-state index in [1.165, 1.54) is 11.3 Å². The molecule has 0 heterocycles. The van der Waals surface area contributed by atoms with Crippen molar-refractivity contribution in [3.8, 4) is 0 Å². The number of aryl methyl sites for hydroxylation is 1. The first-order valence-electron chi connectivity index (χ1n) is 5.12. The average molecular weight is 193 g/mol. The van der Waals surface area contributed by atoms with Crippen LogP contribution in [0.4, 0.5) is 5.69 Å². The highest BCUT2D eigenvalue weighted by molar-refractivity contribution is 5.51. The summed E-state index contributed by atoms with van der Waals surface area (Å²) in [6.07, 6.45) is 1.31. The van der Waals surface area contributed by atoms with E-state index in [2.05, 4.69) is 43.4 Å². The smallest absolute Gasteiger partial charge is 0.0715 e. The predicted octanol–water partition coefficient (Wildman–Crippen LogP) is 2.70. The van der Waals surface area contributed by atoms with Crippen LogP contribution in [-0.4, -0.2) is 19.8 Å². The van der Waals surface area contributed by atoms with Crippen molar-refractivity contribution in [2.75, 3.05) is 19.0 Å². The van der Waals surface area contributed by atoms with E-state index in [1.54, 1.807) is 7.11 Å². The number of nitrogens with one attached hydrogen (secondary N) is 1. The van der Waals surface area contributed by atoms with E-state index in [-0.39, 0.29) is 6.10 Å². The fraction of sp³-hybridized carbons (Fsp3) is 0.500. The molecule has 0 spiro atoms. The fourth-order valence-corrected chi connectivity index (χ4v) is 1.34. The Labute approximate surface area is 86.3 Å². The molecule has 2 nitrogen and oxygen atoms in total. The summed E-state index contributed by atoms with van der Waals surface area (Å²) in [6.45, 7) is 5.08. The molecular formula is C12H19NO. The van der Waals surface area contributed by atoms with Crippen LogP contribution >= 0.6 is 0 Å². The SMILES string of the molecule is CCc1ccccc1NCC(C)OC. The molecule has 0 fully saturated rings. The van der Waals surface area contributed by atoms with Gasteiger partial charge in [-0.25, -0.2) is 0 Å². The van der Waals surface area contributed by atoms with Crippen LogP contribution in [0.15, 0.2) is 24.3 Å². The molecular weight excluding hydrogens is 174 g/mol. The predicted molar refractivity (Wildman–Crippen MR) is 60.8 cm³/mol. The van der Waals surface area contributed by atoms with E-state index in [4.69, 9.17) is 4.74 Å². The molecule has 1 N–H and O–H groups in total. The Balaban J connectivity index is 2.57. The van der Waals surface area contributed by atoms with E-state index in [9.17, 15) is 0 Å². The molecule has 0 bridgehead atoms. The molecule has 0 aliphatic heterocycles. The summed E-state index contributed by atoms with van der Waals surface area (Å²) in [5, 5.41) is 3.39. The van der Waals surface area contributed by atoms with Crippen LogP contribution in [0.2, 0.25) is 0 Å². The normalized spacial score (nSPS) is 12.5. The molecule has 1 aromatic rings. The van der Waals surface area contributed by atoms with Crippen molar-refractivity contribution in [3.63, 3.8) is 0 Å². The molecule has 0 radical (unpaired) electrons. The number of methoxy groups -OCH3 is 1. The second kappa shape index (κ2) is 5.66. The number of hydrogen-bond donors (Lipinski definition) is 1. The summed E-state index contributed by atoms with van der Waals surface area (Å²) in [6, 6.07) is 8.39. The molecule has 14 heavy (non-hydrogen) atoms. The lowest BCUT2D eigenvalue weighted by atomic mass is 10.1. The Morgan fingerprint density at radius 1 is 1.36 bits per heavy atom. The minimum atomic E-state index is 0.250. The summed E-state index contributed by atoms with van der Waals surface area (Å²) < 4.78 is 5.18. The Hall–Kier alpha value is -1.02. The third kappa shape index (κ3) is 3.04. The van der Waals surface area contributed by atoms with Gasteiger partial charge in [0.25, 0.3) is 0 Å². The van der Waals surface area contributed by atoms with Crippen molar-refractivity contribution < 1.29 is 4.74 Å². The molecule has 1 unspecified atom stereocenters. The molecule has 0 amide bonds. The van der Waals surface area contributed by atoms with Gasteiger partial charge in [0, 0.05) is 19.3 Å². The molecule has 1 aromatic carbocycles. The standard InChI is InChI=1S/C12H19NO/c1-4-11-7-5-6-8-12(11)13-9-10(2)14-3/h5-8,10,13H,4,9H2,1-3H3. The maximum Gasteiger partial charge on any atom is 0.0715 e. The zero-order chi connectivity index (χ0) is 10.4. The van der Waals surface area contributed by atoms with Crippen LogP contribution in [0, 0.1) is 0 Å². The molecule has 0 aromatic heterocycles. The van der Waals surface area contributed by atoms with Crippen LogP contribution in [0.3, 0.4) is 0 Å². The zero-order valence-electron chi connectivity index (χ0n) is 9.21. The largest absolute Gasteiger partial charge is 0.382 e. The van der Waals surface area contributed by atoms with Gasteiger partial charge in [0.15, 0.2) is 0 Å². The van der Waals surface area contributed by atoms with E-state index in [0.717, 1.165) is 13.0 Å². The Morgan fingerprint density at radius 3 is 2.71 bits per heavy atom. The van der Waals surface area contributed by atoms with E-state index in [1.807, 2.05) is 0 Å². The lowest BCUT2D eigenvalue weighted by molar-refractivity contribution is 0.129. The molecule has 0 saturated heterocycles. The Bertz CT molecular complexity index is 273. The van der Waals surface area contributed by atoms with Crippen molar-refractivity contribution in [1.29, 1.82) is 0 Å². The van der Waals surface area contributed by atoms with Crippen molar-refractivity contribution >= 4 is 5.69 Å². The van der Waals surface area contributed by atoms with Crippen molar-refractivity contribution in [2.45, 2.75) is 26.4 Å². The minimum Gasteiger partial charge on any atom is -0.382 e. The van der Waals surface area contributed by atoms with Crippen LogP contribution in [0.1, 0.15) is 19.4 Å².